The molecule has 3 aromatic rings. The van der Waals surface area contributed by atoms with Crippen LogP contribution in [0.5, 0.6) is 0 Å². The van der Waals surface area contributed by atoms with Crippen LogP contribution in [0.25, 0.3) is 0 Å². The number of benzene rings is 1. The molecule has 0 aliphatic carbocycles. The molecule has 12 heteroatoms. The molecule has 0 aliphatic rings. The lowest BCUT2D eigenvalue weighted by Crippen LogP contribution is -2.19. The van der Waals surface area contributed by atoms with Crippen molar-refractivity contribution in [2.45, 2.75) is 20.0 Å². The van der Waals surface area contributed by atoms with E-state index in [1.54, 1.807) is 29.1 Å². The number of nitrogens with one attached hydrogen (secondary N) is 1. The van der Waals surface area contributed by atoms with E-state index in [2.05, 4.69) is 15.5 Å². The maximum Gasteiger partial charge on any atom is 0.309 e. The molecule has 0 aliphatic heterocycles. The summed E-state index contributed by atoms with van der Waals surface area (Å²) >= 11 is 18.0. The third-order valence-corrected chi connectivity index (χ3v) is 4.74. The summed E-state index contributed by atoms with van der Waals surface area (Å²) < 4.78 is 2.73. The van der Waals surface area contributed by atoms with Gasteiger partial charge in [-0.1, -0.05) is 40.9 Å². The Hall–Kier alpha value is -2.62. The first-order chi connectivity index (χ1) is 13.2. The average molecular weight is 444 g/mol. The van der Waals surface area contributed by atoms with Gasteiger partial charge in [-0.2, -0.15) is 10.2 Å². The molecule has 0 fully saturated rings. The molecule has 2 aromatic heterocycles. The molecule has 1 amide bonds. The molecule has 0 saturated heterocycles. The van der Waals surface area contributed by atoms with E-state index in [1.165, 1.54) is 17.8 Å². The summed E-state index contributed by atoms with van der Waals surface area (Å²) in [5, 5.41) is 22.7. The first-order valence-electron chi connectivity index (χ1n) is 7.88. The molecule has 0 radical (unpaired) electrons. The number of carbonyl (C=O) groups excluding carboxylic acids is 1. The van der Waals surface area contributed by atoms with Crippen molar-refractivity contribution in [2.24, 2.45) is 0 Å². The van der Waals surface area contributed by atoms with Crippen molar-refractivity contribution in [1.82, 2.24) is 19.6 Å². The fourth-order valence-corrected chi connectivity index (χ4v) is 2.99. The summed E-state index contributed by atoms with van der Waals surface area (Å²) in [6.07, 6.45) is 2.75. The van der Waals surface area contributed by atoms with Crippen molar-refractivity contribution in [3.05, 3.63) is 67.0 Å². The van der Waals surface area contributed by atoms with Crippen molar-refractivity contribution < 1.29 is 9.72 Å². The zero-order valence-corrected chi connectivity index (χ0v) is 16.7. The lowest BCUT2D eigenvalue weighted by atomic mass is 10.2. The molecule has 0 bridgehead atoms. The summed E-state index contributed by atoms with van der Waals surface area (Å²) in [6, 6.07) is 5.19. The average Bonchev–Trinajstić information content (AvgIpc) is 3.13. The summed E-state index contributed by atoms with van der Waals surface area (Å²) in [7, 11) is 0. The van der Waals surface area contributed by atoms with E-state index in [4.69, 9.17) is 34.8 Å². The van der Waals surface area contributed by atoms with Crippen LogP contribution in [-0.2, 0) is 17.9 Å². The number of amides is 1. The van der Waals surface area contributed by atoms with Gasteiger partial charge in [0.15, 0.2) is 5.82 Å². The van der Waals surface area contributed by atoms with Gasteiger partial charge in [-0.3, -0.25) is 24.3 Å². The SMILES string of the molecule is Cc1nn(CC(=O)Nc2nn(Cc3ccc(Cl)c(Cl)c3)cc2Cl)cc1[N+](=O)[O-]. The summed E-state index contributed by atoms with van der Waals surface area (Å²) in [6.45, 7) is 1.65. The number of carbonyl (C=O) groups is 1. The third-order valence-electron chi connectivity index (χ3n) is 3.73. The Bertz CT molecular complexity index is 1060. The number of anilines is 1. The van der Waals surface area contributed by atoms with Crippen LogP contribution < -0.4 is 5.32 Å². The minimum absolute atomic E-state index is 0.156. The molecule has 146 valence electrons. The summed E-state index contributed by atoms with van der Waals surface area (Å²) in [4.78, 5) is 22.5. The van der Waals surface area contributed by atoms with E-state index in [9.17, 15) is 14.9 Å². The summed E-state index contributed by atoms with van der Waals surface area (Å²) in [5.74, 6) is -0.302. The number of hydrogen-bond acceptors (Lipinski definition) is 5. The fraction of sp³-hybridized carbons (Fsp3) is 0.188. The van der Waals surface area contributed by atoms with Crippen molar-refractivity contribution in [3.8, 4) is 0 Å². The monoisotopic (exact) mass is 442 g/mol. The van der Waals surface area contributed by atoms with Crippen LogP contribution in [0, 0.1) is 17.0 Å². The van der Waals surface area contributed by atoms with Gasteiger partial charge in [0.2, 0.25) is 5.91 Å². The smallest absolute Gasteiger partial charge is 0.306 e. The van der Waals surface area contributed by atoms with Crippen molar-refractivity contribution in [1.29, 1.82) is 0 Å². The van der Waals surface area contributed by atoms with Crippen LogP contribution in [0.2, 0.25) is 15.1 Å². The van der Waals surface area contributed by atoms with E-state index < -0.39 is 10.8 Å². The second-order valence-corrected chi connectivity index (χ2v) is 7.10. The number of hydrogen-bond donors (Lipinski definition) is 1. The Morgan fingerprint density at radius 3 is 2.54 bits per heavy atom. The molecule has 2 heterocycles. The topological polar surface area (TPSA) is 108 Å². The quantitative estimate of drug-likeness (QED) is 0.458. The normalized spacial score (nSPS) is 10.9. The standard InChI is InChI=1S/C16H13Cl3N6O3/c1-9-14(25(27)28)7-24(21-9)8-15(26)20-16-13(19)6-23(22-16)5-10-2-3-11(17)12(18)4-10/h2-4,6-7H,5,8H2,1H3,(H,20,22,26). The second-order valence-electron chi connectivity index (χ2n) is 5.87. The van der Waals surface area contributed by atoms with Gasteiger partial charge in [0.1, 0.15) is 23.5 Å². The minimum Gasteiger partial charge on any atom is -0.306 e. The predicted octanol–water partition coefficient (Wildman–Crippen LogP) is 3.94. The zero-order chi connectivity index (χ0) is 20.4. The molecule has 9 nitrogen and oxygen atoms in total. The molecule has 0 spiro atoms. The first-order valence-corrected chi connectivity index (χ1v) is 9.01. The van der Waals surface area contributed by atoms with Gasteiger partial charge in [-0.25, -0.2) is 0 Å². The Kier molecular flexibility index (Phi) is 5.87. The van der Waals surface area contributed by atoms with Crippen LogP contribution in [0.15, 0.2) is 30.6 Å². The molecule has 0 unspecified atom stereocenters. The molecular weight excluding hydrogens is 431 g/mol. The van der Waals surface area contributed by atoms with Crippen molar-refractivity contribution >= 4 is 52.2 Å². The molecule has 0 saturated carbocycles. The second kappa shape index (κ2) is 8.17. The highest BCUT2D eigenvalue weighted by Gasteiger charge is 2.18. The zero-order valence-electron chi connectivity index (χ0n) is 14.4. The molecule has 28 heavy (non-hydrogen) atoms. The lowest BCUT2D eigenvalue weighted by Gasteiger charge is -2.04. The van der Waals surface area contributed by atoms with Gasteiger partial charge in [0.05, 0.1) is 21.5 Å². The number of rotatable bonds is 6. The van der Waals surface area contributed by atoms with Crippen LogP contribution in [0.3, 0.4) is 0 Å². The fourth-order valence-electron chi connectivity index (χ4n) is 2.47. The Balaban J connectivity index is 1.67. The molecule has 1 N–H and O–H groups in total. The number of aryl methyl sites for hydroxylation is 1. The van der Waals surface area contributed by atoms with E-state index in [1.807, 2.05) is 0 Å². The van der Waals surface area contributed by atoms with Gasteiger partial charge in [-0.05, 0) is 24.6 Å². The van der Waals surface area contributed by atoms with Gasteiger partial charge in [0.25, 0.3) is 0 Å². The summed E-state index contributed by atoms with van der Waals surface area (Å²) in [5.41, 5.74) is 0.921. The Morgan fingerprint density at radius 1 is 1.14 bits per heavy atom. The van der Waals surface area contributed by atoms with Gasteiger partial charge >= 0.3 is 5.69 Å². The number of aromatic nitrogens is 4. The maximum atomic E-state index is 12.2. The largest absolute Gasteiger partial charge is 0.309 e. The molecule has 3 rings (SSSR count). The minimum atomic E-state index is -0.557. The van der Waals surface area contributed by atoms with Crippen LogP contribution in [0.1, 0.15) is 11.3 Å². The third kappa shape index (κ3) is 4.61. The Morgan fingerprint density at radius 2 is 1.89 bits per heavy atom. The van der Waals surface area contributed by atoms with Crippen LogP contribution >= 0.6 is 34.8 Å². The van der Waals surface area contributed by atoms with Crippen LogP contribution in [-0.4, -0.2) is 30.4 Å². The highest BCUT2D eigenvalue weighted by molar-refractivity contribution is 6.42. The first kappa shape index (κ1) is 20.1. The van der Waals surface area contributed by atoms with E-state index in [-0.39, 0.29) is 28.8 Å². The Labute approximate surface area is 173 Å². The molecule has 1 aromatic carbocycles. The van der Waals surface area contributed by atoms with Gasteiger partial charge < -0.3 is 5.32 Å². The van der Waals surface area contributed by atoms with Gasteiger partial charge in [0, 0.05) is 6.20 Å². The number of halogens is 3. The van der Waals surface area contributed by atoms with Crippen LogP contribution in [0.4, 0.5) is 11.5 Å². The van der Waals surface area contributed by atoms with E-state index in [0.29, 0.717) is 16.6 Å². The maximum absolute atomic E-state index is 12.2. The van der Waals surface area contributed by atoms with Crippen molar-refractivity contribution in [2.75, 3.05) is 5.32 Å². The van der Waals surface area contributed by atoms with E-state index in [0.717, 1.165) is 5.56 Å². The predicted molar refractivity (Wildman–Crippen MR) is 105 cm³/mol. The highest BCUT2D eigenvalue weighted by Crippen LogP contribution is 2.24. The van der Waals surface area contributed by atoms with Gasteiger partial charge in [-0.15, -0.1) is 0 Å². The van der Waals surface area contributed by atoms with E-state index >= 15 is 0 Å². The highest BCUT2D eigenvalue weighted by atomic mass is 35.5. The number of nitro groups is 1. The molecular formula is C16H13Cl3N6O3. The lowest BCUT2D eigenvalue weighted by molar-refractivity contribution is -0.385. The number of nitrogens with zero attached hydrogens (tertiary/aromatic N) is 5. The molecule has 0 atom stereocenters. The van der Waals surface area contributed by atoms with Crippen molar-refractivity contribution in [3.63, 3.8) is 0 Å².